The number of hydrogen-bond acceptors (Lipinski definition) is 2. The van der Waals surface area contributed by atoms with E-state index in [-0.39, 0.29) is 18.1 Å². The lowest BCUT2D eigenvalue weighted by atomic mass is 9.90. The molecule has 0 spiro atoms. The molecule has 128 valence electrons. The van der Waals surface area contributed by atoms with E-state index in [0.717, 1.165) is 27.7 Å². The molecule has 0 saturated carbocycles. The lowest BCUT2D eigenvalue weighted by Gasteiger charge is -2.27. The summed E-state index contributed by atoms with van der Waals surface area (Å²) >= 11 is 12.5. The van der Waals surface area contributed by atoms with Gasteiger partial charge in [-0.25, -0.2) is 4.79 Å². The first-order valence-electron chi connectivity index (χ1n) is 8.05. The number of nitrogens with two attached hydrogens (primary N) is 1. The van der Waals surface area contributed by atoms with Crippen molar-refractivity contribution in [3.05, 3.63) is 69.3 Å². The summed E-state index contributed by atoms with van der Waals surface area (Å²) in [7, 11) is 1.42. The van der Waals surface area contributed by atoms with E-state index in [9.17, 15) is 4.79 Å². The lowest BCUT2D eigenvalue weighted by molar-refractivity contribution is -0.712. The molecular weight excluding hydrogens is 359 g/mol. The molecule has 0 amide bonds. The summed E-state index contributed by atoms with van der Waals surface area (Å²) in [5.74, 6) is -0.231. The van der Waals surface area contributed by atoms with Crippen LogP contribution in [0.1, 0.15) is 22.9 Å². The maximum Gasteiger partial charge on any atom is 0.364 e. The highest BCUT2D eigenvalue weighted by Crippen LogP contribution is 2.35. The maximum absolute atomic E-state index is 12.2. The number of ether oxygens (including phenoxy) is 1. The quantitative estimate of drug-likeness (QED) is 0.675. The molecule has 6 heteroatoms. The van der Waals surface area contributed by atoms with E-state index in [0.29, 0.717) is 16.5 Å². The van der Waals surface area contributed by atoms with Crippen molar-refractivity contribution in [2.75, 3.05) is 7.11 Å². The van der Waals surface area contributed by atoms with Crippen LogP contribution in [0.4, 0.5) is 0 Å². The highest BCUT2D eigenvalue weighted by Gasteiger charge is 2.38. The number of H-pyrrole nitrogens is 1. The molecule has 3 aromatic rings. The second kappa shape index (κ2) is 6.37. The Morgan fingerprint density at radius 3 is 2.80 bits per heavy atom. The van der Waals surface area contributed by atoms with Crippen LogP contribution in [0, 0.1) is 0 Å². The lowest BCUT2D eigenvalue weighted by Crippen LogP contribution is -2.94. The van der Waals surface area contributed by atoms with Gasteiger partial charge >= 0.3 is 5.97 Å². The fourth-order valence-electron chi connectivity index (χ4n) is 3.65. The van der Waals surface area contributed by atoms with Gasteiger partial charge in [-0.05, 0) is 29.8 Å². The Labute approximate surface area is 155 Å². The van der Waals surface area contributed by atoms with Gasteiger partial charge < -0.3 is 15.0 Å². The van der Waals surface area contributed by atoms with Crippen molar-refractivity contribution < 1.29 is 14.8 Å². The fraction of sp³-hybridized carbons (Fsp3) is 0.211. The second-order valence-electron chi connectivity index (χ2n) is 6.23. The van der Waals surface area contributed by atoms with Gasteiger partial charge in [0.1, 0.15) is 0 Å². The molecular formula is C19H17Cl2N2O2+. The molecule has 2 aromatic carbocycles. The van der Waals surface area contributed by atoms with E-state index in [1.807, 2.05) is 35.6 Å². The molecule has 1 aromatic heterocycles. The molecule has 3 N–H and O–H groups in total. The van der Waals surface area contributed by atoms with Gasteiger partial charge in [0.15, 0.2) is 12.1 Å². The van der Waals surface area contributed by atoms with Crippen molar-refractivity contribution in [1.29, 1.82) is 0 Å². The van der Waals surface area contributed by atoms with Gasteiger partial charge in [-0.3, -0.25) is 0 Å². The molecule has 0 radical (unpaired) electrons. The molecule has 0 saturated heterocycles. The Balaban J connectivity index is 1.90. The van der Waals surface area contributed by atoms with Gasteiger partial charge in [0.25, 0.3) is 0 Å². The summed E-state index contributed by atoms with van der Waals surface area (Å²) in [4.78, 5) is 15.7. The minimum Gasteiger partial charge on any atom is -0.465 e. The smallest absolute Gasteiger partial charge is 0.364 e. The van der Waals surface area contributed by atoms with E-state index in [1.165, 1.54) is 7.11 Å². The Bertz CT molecular complexity index is 967. The summed E-state index contributed by atoms with van der Waals surface area (Å²) in [6, 6.07) is 13.2. The summed E-state index contributed by atoms with van der Waals surface area (Å²) < 4.78 is 4.99. The first-order valence-corrected chi connectivity index (χ1v) is 8.81. The van der Waals surface area contributed by atoms with Gasteiger partial charge in [0.05, 0.1) is 17.8 Å². The van der Waals surface area contributed by atoms with E-state index < -0.39 is 0 Å². The van der Waals surface area contributed by atoms with Crippen LogP contribution in [0.15, 0.2) is 42.5 Å². The molecule has 0 aliphatic carbocycles. The van der Waals surface area contributed by atoms with Gasteiger partial charge in [-0.15, -0.1) is 0 Å². The first kappa shape index (κ1) is 16.5. The number of para-hydroxylation sites is 1. The number of quaternary nitrogens is 1. The molecule has 1 aliphatic heterocycles. The number of aromatic nitrogens is 1. The van der Waals surface area contributed by atoms with E-state index in [1.54, 1.807) is 6.07 Å². The Kier molecular flexibility index (Phi) is 4.20. The average molecular weight is 376 g/mol. The van der Waals surface area contributed by atoms with Crippen LogP contribution >= 0.6 is 23.2 Å². The third-order valence-corrected chi connectivity index (χ3v) is 5.37. The Morgan fingerprint density at radius 1 is 1.24 bits per heavy atom. The van der Waals surface area contributed by atoms with Gasteiger partial charge in [-0.2, -0.15) is 0 Å². The zero-order valence-corrected chi connectivity index (χ0v) is 15.1. The number of halogens is 2. The third kappa shape index (κ3) is 2.80. The monoisotopic (exact) mass is 375 g/mol. The van der Waals surface area contributed by atoms with Crippen molar-refractivity contribution in [3.63, 3.8) is 0 Å². The third-order valence-electron chi connectivity index (χ3n) is 4.81. The SMILES string of the molecule is COC(=O)[C@H]1Cc2c([nH]c3ccccc23)[C@H](c2ccc(Cl)cc2Cl)[NH2+]1. The number of carbonyl (C=O) groups excluding carboxylic acids is 1. The molecule has 2 heterocycles. The maximum atomic E-state index is 12.2. The standard InChI is InChI=1S/C19H16Cl2N2O2/c1-25-19(24)16-9-13-11-4-2-3-5-15(11)22-18(13)17(23-16)12-7-6-10(20)8-14(12)21/h2-8,16-17,22-23H,9H2,1H3/p+1/t16-,17+/m1/s1. The molecule has 2 atom stereocenters. The zero-order valence-electron chi connectivity index (χ0n) is 13.6. The number of benzene rings is 2. The van der Waals surface area contributed by atoms with E-state index >= 15 is 0 Å². The fourth-order valence-corrected chi connectivity index (χ4v) is 4.17. The Hall–Kier alpha value is -2.01. The van der Waals surface area contributed by atoms with Crippen molar-refractivity contribution >= 4 is 40.1 Å². The van der Waals surface area contributed by atoms with Crippen LogP contribution in [0.5, 0.6) is 0 Å². The summed E-state index contributed by atoms with van der Waals surface area (Å²) in [6.45, 7) is 0. The molecule has 4 nitrogen and oxygen atoms in total. The van der Waals surface area contributed by atoms with Crippen molar-refractivity contribution in [3.8, 4) is 0 Å². The van der Waals surface area contributed by atoms with E-state index in [4.69, 9.17) is 27.9 Å². The number of fused-ring (bicyclic) bond motifs is 3. The first-order chi connectivity index (χ1) is 12.1. The van der Waals surface area contributed by atoms with Crippen molar-refractivity contribution in [2.45, 2.75) is 18.5 Å². The van der Waals surface area contributed by atoms with Gasteiger partial charge in [0.2, 0.25) is 0 Å². The normalized spacial score (nSPS) is 19.6. The predicted molar refractivity (Wildman–Crippen MR) is 98.0 cm³/mol. The number of nitrogens with one attached hydrogen (secondary N) is 1. The summed E-state index contributed by atoms with van der Waals surface area (Å²) in [6.07, 6.45) is 0.619. The van der Waals surface area contributed by atoms with E-state index in [2.05, 4.69) is 11.1 Å². The molecule has 0 bridgehead atoms. The topological polar surface area (TPSA) is 58.7 Å². The number of aromatic amines is 1. The second-order valence-corrected chi connectivity index (χ2v) is 7.08. The number of rotatable bonds is 2. The van der Waals surface area contributed by atoms with Crippen LogP contribution in [-0.4, -0.2) is 24.1 Å². The minimum absolute atomic E-state index is 0.120. The molecule has 0 fully saturated rings. The van der Waals surface area contributed by atoms with Crippen molar-refractivity contribution in [1.82, 2.24) is 4.98 Å². The highest BCUT2D eigenvalue weighted by atomic mass is 35.5. The number of methoxy groups -OCH3 is 1. The number of hydrogen-bond donors (Lipinski definition) is 2. The minimum atomic E-state index is -0.312. The van der Waals surface area contributed by atoms with Crippen LogP contribution in [0.25, 0.3) is 10.9 Å². The molecule has 1 aliphatic rings. The molecule has 25 heavy (non-hydrogen) atoms. The average Bonchev–Trinajstić information content (AvgIpc) is 2.99. The largest absolute Gasteiger partial charge is 0.465 e. The van der Waals surface area contributed by atoms with Gasteiger partial charge in [0, 0.05) is 27.9 Å². The molecule has 4 rings (SSSR count). The van der Waals surface area contributed by atoms with Crippen LogP contribution in [0.2, 0.25) is 10.0 Å². The number of carbonyl (C=O) groups is 1. The van der Waals surface area contributed by atoms with Crippen LogP contribution < -0.4 is 5.32 Å². The predicted octanol–water partition coefficient (Wildman–Crippen LogP) is 3.23. The Morgan fingerprint density at radius 2 is 2.04 bits per heavy atom. The highest BCUT2D eigenvalue weighted by molar-refractivity contribution is 6.35. The van der Waals surface area contributed by atoms with Crippen molar-refractivity contribution in [2.24, 2.45) is 0 Å². The number of esters is 1. The summed E-state index contributed by atoms with van der Waals surface area (Å²) in [5.41, 5.74) is 4.20. The van der Waals surface area contributed by atoms with Gasteiger partial charge in [-0.1, -0.05) is 41.4 Å². The molecule has 0 unspecified atom stereocenters. The van der Waals surface area contributed by atoms with Crippen LogP contribution in [-0.2, 0) is 16.0 Å². The van der Waals surface area contributed by atoms with Crippen LogP contribution in [0.3, 0.4) is 0 Å². The summed E-state index contributed by atoms with van der Waals surface area (Å²) in [5, 5.41) is 4.32. The zero-order chi connectivity index (χ0) is 17.6.